The maximum absolute atomic E-state index is 12.8. The lowest BCUT2D eigenvalue weighted by Gasteiger charge is -2.49. The lowest BCUT2D eigenvalue weighted by Crippen LogP contribution is -2.56. The third kappa shape index (κ3) is 3.23. The molecule has 2 rings (SSSR count). The molecule has 0 aromatic carbocycles. The van der Waals surface area contributed by atoms with Gasteiger partial charge in [0.2, 0.25) is 0 Å². The first-order chi connectivity index (χ1) is 9.64. The molecule has 21 heavy (non-hydrogen) atoms. The average Bonchev–Trinajstić information content (AvgIpc) is 2.31. The van der Waals surface area contributed by atoms with Gasteiger partial charge in [-0.1, -0.05) is 0 Å². The summed E-state index contributed by atoms with van der Waals surface area (Å²) in [5.41, 5.74) is 4.77. The fourth-order valence-corrected chi connectivity index (χ4v) is 2.75. The van der Waals surface area contributed by atoms with E-state index < -0.39 is 11.7 Å². The minimum atomic E-state index is -4.41. The Kier molecular flexibility index (Phi) is 4.06. The van der Waals surface area contributed by atoms with Gasteiger partial charge in [-0.2, -0.15) is 13.2 Å². The molecule has 0 aliphatic heterocycles. The number of aromatic nitrogens is 1. The predicted octanol–water partition coefficient (Wildman–Crippen LogP) is 2.60. The molecule has 2 N–H and O–H groups in total. The molecule has 1 aliphatic carbocycles. The molecule has 7 heteroatoms. The summed E-state index contributed by atoms with van der Waals surface area (Å²) in [6.45, 7) is 0.633. The second-order valence-electron chi connectivity index (χ2n) is 5.97. The van der Waals surface area contributed by atoms with E-state index in [1.807, 2.05) is 14.1 Å². The highest BCUT2D eigenvalue weighted by atomic mass is 19.4. The Morgan fingerprint density at radius 1 is 1.24 bits per heavy atom. The van der Waals surface area contributed by atoms with E-state index in [-0.39, 0.29) is 17.2 Å². The van der Waals surface area contributed by atoms with Crippen molar-refractivity contribution in [2.75, 3.05) is 38.3 Å². The summed E-state index contributed by atoms with van der Waals surface area (Å²) in [6, 6.07) is 1.92. The SMILES string of the molecule is CN(CC1(N(C)C)CCC1)c1cc(C(F)(F)F)cc(N)n1. The molecule has 0 atom stereocenters. The van der Waals surface area contributed by atoms with Crippen molar-refractivity contribution in [3.05, 3.63) is 17.7 Å². The highest BCUT2D eigenvalue weighted by Gasteiger charge is 2.40. The number of nitrogens with two attached hydrogens (primary N) is 1. The molecule has 118 valence electrons. The van der Waals surface area contributed by atoms with Crippen LogP contribution in [0.5, 0.6) is 0 Å². The Labute approximate surface area is 122 Å². The van der Waals surface area contributed by atoms with E-state index in [0.717, 1.165) is 31.4 Å². The lowest BCUT2D eigenvalue weighted by molar-refractivity contribution is -0.137. The van der Waals surface area contributed by atoms with Gasteiger partial charge in [0.25, 0.3) is 0 Å². The van der Waals surface area contributed by atoms with Crippen LogP contribution in [0.4, 0.5) is 24.8 Å². The number of rotatable bonds is 4. The molecule has 0 unspecified atom stereocenters. The van der Waals surface area contributed by atoms with Crippen molar-refractivity contribution in [3.63, 3.8) is 0 Å². The van der Waals surface area contributed by atoms with Gasteiger partial charge in [-0.25, -0.2) is 4.98 Å². The van der Waals surface area contributed by atoms with Crippen molar-refractivity contribution in [1.29, 1.82) is 0 Å². The molecule has 4 nitrogen and oxygen atoms in total. The van der Waals surface area contributed by atoms with Gasteiger partial charge in [-0.3, -0.25) is 0 Å². The minimum Gasteiger partial charge on any atom is -0.384 e. The zero-order chi connectivity index (χ0) is 15.8. The van der Waals surface area contributed by atoms with Gasteiger partial charge in [0.15, 0.2) is 0 Å². The summed E-state index contributed by atoms with van der Waals surface area (Å²) in [5, 5.41) is 0. The molecule has 0 amide bonds. The van der Waals surface area contributed by atoms with E-state index in [2.05, 4.69) is 9.88 Å². The van der Waals surface area contributed by atoms with Crippen molar-refractivity contribution in [1.82, 2.24) is 9.88 Å². The van der Waals surface area contributed by atoms with Crippen LogP contribution in [-0.4, -0.2) is 43.1 Å². The topological polar surface area (TPSA) is 45.4 Å². The van der Waals surface area contributed by atoms with Crippen LogP contribution in [0, 0.1) is 0 Å². The van der Waals surface area contributed by atoms with Crippen LogP contribution >= 0.6 is 0 Å². The minimum absolute atomic E-state index is 0.0133. The molecule has 1 saturated carbocycles. The van der Waals surface area contributed by atoms with E-state index in [1.165, 1.54) is 0 Å². The summed E-state index contributed by atoms with van der Waals surface area (Å²) in [5.74, 6) is 0.148. The first-order valence-corrected chi connectivity index (χ1v) is 6.87. The van der Waals surface area contributed by atoms with Crippen molar-refractivity contribution < 1.29 is 13.2 Å². The smallest absolute Gasteiger partial charge is 0.384 e. The number of nitrogens with zero attached hydrogens (tertiary/aromatic N) is 3. The standard InChI is InChI=1S/C14H21F3N4/c1-20(2)13(5-4-6-13)9-21(3)12-8-10(14(15,16)17)7-11(18)19-12/h7-8H,4-6,9H2,1-3H3,(H2,18,19). The number of pyridine rings is 1. The number of halogens is 3. The fourth-order valence-electron chi connectivity index (χ4n) is 2.75. The van der Waals surface area contributed by atoms with E-state index in [0.29, 0.717) is 6.54 Å². The van der Waals surface area contributed by atoms with Crippen molar-refractivity contribution >= 4 is 11.6 Å². The van der Waals surface area contributed by atoms with Crippen LogP contribution in [0.25, 0.3) is 0 Å². The summed E-state index contributed by atoms with van der Waals surface area (Å²) in [4.78, 5) is 7.93. The Bertz CT molecular complexity index is 509. The summed E-state index contributed by atoms with van der Waals surface area (Å²) in [6.07, 6.45) is -1.19. The number of hydrogen-bond donors (Lipinski definition) is 1. The number of likely N-dealkylation sites (N-methyl/N-ethyl adjacent to an activating group) is 2. The second-order valence-corrected chi connectivity index (χ2v) is 5.97. The Balaban J connectivity index is 2.23. The van der Waals surface area contributed by atoms with Crippen LogP contribution in [-0.2, 0) is 6.18 Å². The quantitative estimate of drug-likeness (QED) is 0.928. The van der Waals surface area contributed by atoms with Crippen LogP contribution in [0.3, 0.4) is 0 Å². The van der Waals surface area contributed by atoms with Gasteiger partial charge in [-0.15, -0.1) is 0 Å². The largest absolute Gasteiger partial charge is 0.416 e. The van der Waals surface area contributed by atoms with Crippen molar-refractivity contribution in [2.45, 2.75) is 31.0 Å². The Hall–Kier alpha value is -1.50. The highest BCUT2D eigenvalue weighted by Crippen LogP contribution is 2.38. The molecule has 1 aliphatic rings. The first kappa shape index (κ1) is 15.9. The molecular formula is C14H21F3N4. The summed E-state index contributed by atoms with van der Waals surface area (Å²) < 4.78 is 38.5. The molecule has 0 radical (unpaired) electrons. The number of anilines is 2. The first-order valence-electron chi connectivity index (χ1n) is 6.87. The molecule has 1 fully saturated rings. The maximum Gasteiger partial charge on any atom is 0.416 e. The third-order valence-electron chi connectivity index (χ3n) is 4.31. The normalized spacial score (nSPS) is 17.7. The van der Waals surface area contributed by atoms with Gasteiger partial charge >= 0.3 is 6.18 Å². The van der Waals surface area contributed by atoms with E-state index in [1.54, 1.807) is 11.9 Å². The second kappa shape index (κ2) is 5.36. The number of nitrogen functional groups attached to an aromatic ring is 1. The Morgan fingerprint density at radius 3 is 2.29 bits per heavy atom. The highest BCUT2D eigenvalue weighted by molar-refractivity contribution is 5.49. The van der Waals surface area contributed by atoms with Gasteiger partial charge in [-0.05, 0) is 45.5 Å². The maximum atomic E-state index is 12.8. The summed E-state index contributed by atoms with van der Waals surface area (Å²) >= 11 is 0. The van der Waals surface area contributed by atoms with Crippen LogP contribution in [0.15, 0.2) is 12.1 Å². The van der Waals surface area contributed by atoms with Crippen molar-refractivity contribution in [3.8, 4) is 0 Å². The lowest BCUT2D eigenvalue weighted by atomic mass is 9.75. The predicted molar refractivity (Wildman–Crippen MR) is 77.2 cm³/mol. The van der Waals surface area contributed by atoms with Gasteiger partial charge < -0.3 is 15.5 Å². The monoisotopic (exact) mass is 302 g/mol. The van der Waals surface area contributed by atoms with Gasteiger partial charge in [0, 0.05) is 19.1 Å². The van der Waals surface area contributed by atoms with Gasteiger partial charge in [0.05, 0.1) is 5.56 Å². The zero-order valence-corrected chi connectivity index (χ0v) is 12.5. The fraction of sp³-hybridized carbons (Fsp3) is 0.643. The van der Waals surface area contributed by atoms with Crippen LogP contribution in [0.1, 0.15) is 24.8 Å². The zero-order valence-electron chi connectivity index (χ0n) is 12.5. The molecule has 1 heterocycles. The van der Waals surface area contributed by atoms with Crippen LogP contribution < -0.4 is 10.6 Å². The number of alkyl halides is 3. The van der Waals surface area contributed by atoms with E-state index in [4.69, 9.17) is 5.73 Å². The molecule has 1 aromatic heterocycles. The molecule has 1 aromatic rings. The summed E-state index contributed by atoms with van der Waals surface area (Å²) in [7, 11) is 5.76. The molecule has 0 saturated heterocycles. The number of hydrogen-bond acceptors (Lipinski definition) is 4. The molecule has 0 spiro atoms. The van der Waals surface area contributed by atoms with E-state index in [9.17, 15) is 13.2 Å². The van der Waals surface area contributed by atoms with Crippen molar-refractivity contribution in [2.24, 2.45) is 0 Å². The Morgan fingerprint density at radius 2 is 1.86 bits per heavy atom. The van der Waals surface area contributed by atoms with Crippen LogP contribution in [0.2, 0.25) is 0 Å². The third-order valence-corrected chi connectivity index (χ3v) is 4.31. The van der Waals surface area contributed by atoms with E-state index >= 15 is 0 Å². The molecular weight excluding hydrogens is 281 g/mol. The average molecular weight is 302 g/mol. The molecule has 0 bridgehead atoms. The van der Waals surface area contributed by atoms with Gasteiger partial charge in [0.1, 0.15) is 11.6 Å².